The van der Waals surface area contributed by atoms with E-state index in [1.807, 2.05) is 19.9 Å². The summed E-state index contributed by atoms with van der Waals surface area (Å²) in [7, 11) is 0. The zero-order valence-electron chi connectivity index (χ0n) is 14.4. The molecule has 130 valence electrons. The van der Waals surface area contributed by atoms with E-state index in [9.17, 15) is 14.9 Å². The maximum atomic E-state index is 12.1. The Labute approximate surface area is 150 Å². The van der Waals surface area contributed by atoms with Gasteiger partial charge in [-0.15, -0.1) is 0 Å². The lowest BCUT2D eigenvalue weighted by Crippen LogP contribution is -1.94. The predicted molar refractivity (Wildman–Crippen MR) is 100 cm³/mol. The van der Waals surface area contributed by atoms with E-state index >= 15 is 0 Å². The highest BCUT2D eigenvalue weighted by atomic mass is 16.6. The highest BCUT2D eigenvalue weighted by Crippen LogP contribution is 2.33. The summed E-state index contributed by atoms with van der Waals surface area (Å²) in [5.74, 6) is 0.712. The van der Waals surface area contributed by atoms with Crippen molar-refractivity contribution < 1.29 is 14.1 Å². The minimum absolute atomic E-state index is 0.00154. The van der Waals surface area contributed by atoms with Crippen molar-refractivity contribution in [3.05, 3.63) is 93.2 Å². The molecule has 1 heterocycles. The molecule has 0 bridgehead atoms. The van der Waals surface area contributed by atoms with E-state index in [0.717, 1.165) is 11.1 Å². The fourth-order valence-electron chi connectivity index (χ4n) is 2.59. The molecule has 3 rings (SSSR count). The number of ketones is 1. The van der Waals surface area contributed by atoms with Gasteiger partial charge in [-0.2, -0.15) is 0 Å². The van der Waals surface area contributed by atoms with Gasteiger partial charge in [-0.05, 0) is 55.3 Å². The van der Waals surface area contributed by atoms with Crippen LogP contribution in [-0.4, -0.2) is 10.7 Å². The molecule has 0 radical (unpaired) electrons. The first-order valence-electron chi connectivity index (χ1n) is 8.09. The maximum absolute atomic E-state index is 12.1. The molecule has 3 aromatic rings. The molecule has 0 saturated heterocycles. The van der Waals surface area contributed by atoms with Crippen LogP contribution in [0.3, 0.4) is 0 Å². The normalized spacial score (nSPS) is 11.0. The van der Waals surface area contributed by atoms with Crippen LogP contribution in [0.2, 0.25) is 0 Å². The third kappa shape index (κ3) is 3.62. The number of nitrogens with zero attached hydrogens (tertiary/aromatic N) is 1. The molecule has 5 heteroatoms. The van der Waals surface area contributed by atoms with Crippen LogP contribution < -0.4 is 0 Å². The van der Waals surface area contributed by atoms with Crippen LogP contribution in [-0.2, 0) is 0 Å². The number of nitro groups is 1. The molecular weight excluding hydrogens is 330 g/mol. The number of furan rings is 1. The zero-order chi connectivity index (χ0) is 18.7. The summed E-state index contributed by atoms with van der Waals surface area (Å²) in [5.41, 5.74) is 2.80. The molecule has 2 aromatic carbocycles. The zero-order valence-corrected chi connectivity index (χ0v) is 14.4. The van der Waals surface area contributed by atoms with E-state index in [0.29, 0.717) is 22.6 Å². The lowest BCUT2D eigenvalue weighted by Gasteiger charge is -2.04. The summed E-state index contributed by atoms with van der Waals surface area (Å²) in [6, 6.07) is 15.5. The molecular formula is C21H17NO4. The van der Waals surface area contributed by atoms with Crippen molar-refractivity contribution in [1.82, 2.24) is 0 Å². The van der Waals surface area contributed by atoms with E-state index in [2.05, 4.69) is 0 Å². The number of rotatable bonds is 5. The van der Waals surface area contributed by atoms with Crippen LogP contribution >= 0.6 is 0 Å². The number of carbonyl (C=O) groups is 1. The van der Waals surface area contributed by atoms with Crippen molar-refractivity contribution in [2.45, 2.75) is 13.8 Å². The molecule has 0 amide bonds. The van der Waals surface area contributed by atoms with Gasteiger partial charge in [0, 0.05) is 11.6 Å². The summed E-state index contributed by atoms with van der Waals surface area (Å²) in [4.78, 5) is 23.0. The van der Waals surface area contributed by atoms with Crippen LogP contribution in [0.15, 0.2) is 65.1 Å². The first-order valence-corrected chi connectivity index (χ1v) is 8.09. The molecule has 0 atom stereocenters. The van der Waals surface area contributed by atoms with Crippen molar-refractivity contribution in [1.29, 1.82) is 0 Å². The molecule has 1 aromatic heterocycles. The number of carbonyl (C=O) groups excluding carboxylic acids is 1. The maximum Gasteiger partial charge on any atom is 0.280 e. The van der Waals surface area contributed by atoms with Crippen LogP contribution in [0.1, 0.15) is 27.2 Å². The van der Waals surface area contributed by atoms with E-state index in [1.54, 1.807) is 54.6 Å². The predicted octanol–water partition coefficient (Wildman–Crippen LogP) is 5.37. The first kappa shape index (κ1) is 17.4. The molecule has 0 aliphatic heterocycles. The second-order valence-corrected chi connectivity index (χ2v) is 5.98. The summed E-state index contributed by atoms with van der Waals surface area (Å²) in [6.45, 7) is 3.72. The van der Waals surface area contributed by atoms with Gasteiger partial charge in [0.25, 0.3) is 5.69 Å². The number of hydrogen-bond acceptors (Lipinski definition) is 4. The monoisotopic (exact) mass is 347 g/mol. The van der Waals surface area contributed by atoms with Crippen molar-refractivity contribution in [2.75, 3.05) is 0 Å². The summed E-state index contributed by atoms with van der Waals surface area (Å²) >= 11 is 0. The third-order valence-corrected chi connectivity index (χ3v) is 4.16. The van der Waals surface area contributed by atoms with Gasteiger partial charge in [-0.25, -0.2) is 0 Å². The van der Waals surface area contributed by atoms with Crippen molar-refractivity contribution in [3.63, 3.8) is 0 Å². The Morgan fingerprint density at radius 1 is 1.04 bits per heavy atom. The van der Waals surface area contributed by atoms with E-state index in [1.165, 1.54) is 6.08 Å². The van der Waals surface area contributed by atoms with Gasteiger partial charge in [-0.3, -0.25) is 14.9 Å². The highest BCUT2D eigenvalue weighted by Gasteiger charge is 2.19. The van der Waals surface area contributed by atoms with Crippen LogP contribution in [0, 0.1) is 24.0 Å². The smallest absolute Gasteiger partial charge is 0.280 e. The molecule has 0 fully saturated rings. The first-order chi connectivity index (χ1) is 12.5. The van der Waals surface area contributed by atoms with Gasteiger partial charge < -0.3 is 4.42 Å². The van der Waals surface area contributed by atoms with Gasteiger partial charge in [-0.1, -0.05) is 30.3 Å². The number of aryl methyl sites for hydroxylation is 2. The Hall–Kier alpha value is -3.47. The largest absolute Gasteiger partial charge is 0.456 e. The van der Waals surface area contributed by atoms with Crippen molar-refractivity contribution in [3.8, 4) is 11.3 Å². The third-order valence-electron chi connectivity index (χ3n) is 4.16. The molecule has 0 aliphatic carbocycles. The van der Waals surface area contributed by atoms with Gasteiger partial charge in [0.15, 0.2) is 5.78 Å². The number of benzene rings is 2. The van der Waals surface area contributed by atoms with Gasteiger partial charge in [0.05, 0.1) is 10.5 Å². The topological polar surface area (TPSA) is 73.3 Å². The summed E-state index contributed by atoms with van der Waals surface area (Å²) in [6.07, 6.45) is 2.98. The second-order valence-electron chi connectivity index (χ2n) is 5.98. The van der Waals surface area contributed by atoms with E-state index < -0.39 is 4.92 Å². The Morgan fingerprint density at radius 2 is 1.73 bits per heavy atom. The number of hydrogen-bond donors (Lipinski definition) is 0. The Balaban J connectivity index is 1.89. The second kappa shape index (κ2) is 7.19. The fourth-order valence-corrected chi connectivity index (χ4v) is 2.59. The minimum Gasteiger partial charge on any atom is -0.456 e. The SMILES string of the molecule is Cc1cc(-c2ccc(C=CC(=O)c3ccccc3)o2)c([N+](=O)[O-])cc1C. The molecule has 0 unspecified atom stereocenters. The fraction of sp³-hybridized carbons (Fsp3) is 0.0952. The molecule has 0 saturated carbocycles. The molecule has 5 nitrogen and oxygen atoms in total. The summed E-state index contributed by atoms with van der Waals surface area (Å²) < 4.78 is 5.70. The Kier molecular flexibility index (Phi) is 4.80. The lowest BCUT2D eigenvalue weighted by molar-refractivity contribution is -0.384. The van der Waals surface area contributed by atoms with Crippen LogP contribution in [0.4, 0.5) is 5.69 Å². The van der Waals surface area contributed by atoms with Crippen LogP contribution in [0.25, 0.3) is 17.4 Å². The molecule has 0 N–H and O–H groups in total. The number of allylic oxidation sites excluding steroid dienone is 1. The standard InChI is InChI=1S/C21H17NO4/c1-14-12-18(19(22(24)25)13-15(14)2)21-11-9-17(26-21)8-10-20(23)16-6-4-3-5-7-16/h3-13H,1-2H3. The Morgan fingerprint density at radius 3 is 2.42 bits per heavy atom. The van der Waals surface area contributed by atoms with Crippen molar-refractivity contribution >= 4 is 17.5 Å². The van der Waals surface area contributed by atoms with Gasteiger partial charge in [0.1, 0.15) is 11.5 Å². The average molecular weight is 347 g/mol. The molecule has 0 aliphatic rings. The Bertz CT molecular complexity index is 1000. The highest BCUT2D eigenvalue weighted by molar-refractivity contribution is 6.06. The average Bonchev–Trinajstić information content (AvgIpc) is 3.11. The molecule has 26 heavy (non-hydrogen) atoms. The van der Waals surface area contributed by atoms with Crippen molar-refractivity contribution in [2.24, 2.45) is 0 Å². The minimum atomic E-state index is -0.418. The summed E-state index contributed by atoms with van der Waals surface area (Å²) in [5, 5.41) is 11.3. The molecule has 0 spiro atoms. The van der Waals surface area contributed by atoms with E-state index in [4.69, 9.17) is 4.42 Å². The van der Waals surface area contributed by atoms with Crippen LogP contribution in [0.5, 0.6) is 0 Å². The quantitative estimate of drug-likeness (QED) is 0.269. The van der Waals surface area contributed by atoms with E-state index in [-0.39, 0.29) is 11.5 Å². The van der Waals surface area contributed by atoms with Gasteiger partial charge in [0.2, 0.25) is 0 Å². The lowest BCUT2D eigenvalue weighted by atomic mass is 10.0. The number of nitro benzene ring substituents is 1. The van der Waals surface area contributed by atoms with Gasteiger partial charge >= 0.3 is 0 Å².